The number of hydrogen-bond acceptors (Lipinski definition) is 3. The zero-order chi connectivity index (χ0) is 16.5. The van der Waals surface area contributed by atoms with Gasteiger partial charge in [-0.3, -0.25) is 9.59 Å². The van der Waals surface area contributed by atoms with Gasteiger partial charge in [-0.15, -0.1) is 0 Å². The molecule has 114 valence electrons. The van der Waals surface area contributed by atoms with Gasteiger partial charge in [0.05, 0.1) is 27.6 Å². The summed E-state index contributed by atoms with van der Waals surface area (Å²) in [5, 5.41) is 12.1. The Labute approximate surface area is 184 Å². The van der Waals surface area contributed by atoms with Crippen LogP contribution in [0, 0.1) is 10.7 Å². The van der Waals surface area contributed by atoms with E-state index in [0.717, 1.165) is 0 Å². The Morgan fingerprint density at radius 1 is 1.05 bits per heavy atom. The molecule has 1 rings (SSSR count). The van der Waals surface area contributed by atoms with Crippen LogP contribution in [0.1, 0.15) is 24.2 Å². The van der Waals surface area contributed by atoms with Crippen molar-refractivity contribution in [3.05, 3.63) is 16.3 Å². The minimum absolute atomic E-state index is 0. The zero-order valence-electron chi connectivity index (χ0n) is 12.0. The van der Waals surface area contributed by atoms with Gasteiger partial charge in [0.15, 0.2) is 0 Å². The van der Waals surface area contributed by atoms with Gasteiger partial charge in [0.2, 0.25) is 11.8 Å². The first kappa shape index (κ1) is 22.6. The van der Waals surface area contributed by atoms with E-state index < -0.39 is 5.97 Å². The molecule has 0 spiro atoms. The van der Waals surface area contributed by atoms with Crippen molar-refractivity contribution in [3.63, 3.8) is 0 Å². The number of carboxylic acids is 1. The van der Waals surface area contributed by atoms with Gasteiger partial charge in [-0.2, -0.15) is 0 Å². The van der Waals surface area contributed by atoms with E-state index in [1.54, 1.807) is 7.05 Å². The van der Waals surface area contributed by atoms with Crippen LogP contribution in [0.2, 0.25) is 0 Å². The molecule has 0 aliphatic rings. The van der Waals surface area contributed by atoms with Crippen molar-refractivity contribution in [2.24, 2.45) is 0 Å². The first-order valence-corrected chi connectivity index (χ1v) is 8.78. The molecule has 0 saturated carbocycles. The number of carbonyl (C=O) groups is 3. The van der Waals surface area contributed by atoms with Gasteiger partial charge < -0.3 is 15.3 Å². The van der Waals surface area contributed by atoms with E-state index in [2.05, 4.69) is 5.32 Å². The fourth-order valence-corrected chi connectivity index (χ4v) is 6.20. The molecule has 2 N–H and O–H groups in total. The Balaban J connectivity index is 0.00000441. The molecule has 0 saturated heterocycles. The van der Waals surface area contributed by atoms with Crippen LogP contribution in [0.15, 0.2) is 0 Å². The molecule has 0 radical (unpaired) electrons. The molecule has 10 heteroatoms. The van der Waals surface area contributed by atoms with E-state index >= 15 is 0 Å². The Morgan fingerprint density at radius 2 is 1.55 bits per heavy atom. The van der Waals surface area contributed by atoms with Crippen LogP contribution in [0.3, 0.4) is 0 Å². The quantitative estimate of drug-likeness (QED) is 0.389. The number of anilines is 2. The first-order valence-electron chi connectivity index (χ1n) is 5.55. The number of halogens is 3. The summed E-state index contributed by atoms with van der Waals surface area (Å²) >= 11 is 5.80. The number of rotatable bonds is 3. The maximum atomic E-state index is 11.6. The van der Waals surface area contributed by atoms with E-state index in [1.165, 1.54) is 18.7 Å². The van der Waals surface area contributed by atoms with Crippen molar-refractivity contribution < 1.29 is 19.5 Å². The number of hydrogen-bond donors (Lipinski definition) is 2. The molecule has 6 nitrogen and oxygen atoms in total. The number of nitrogens with zero attached hydrogens (tertiary/aromatic N) is 1. The Hall–Kier alpha value is 0.586. The molecule has 0 bridgehead atoms. The molecular weight excluding hydrogens is 641 g/mol. The molecule has 0 atom stereocenters. The number of carboxylic acid groups (broad SMARTS) is 1. The second kappa shape index (κ2) is 9.17. The topological polar surface area (TPSA) is 86.7 Å². The summed E-state index contributed by atoms with van der Waals surface area (Å²) in [5.74, 6) is -1.64. The summed E-state index contributed by atoms with van der Waals surface area (Å²) in [7, 11) is 1.57. The third-order valence-corrected chi connectivity index (χ3v) is 5.80. The second-order valence-electron chi connectivity index (χ2n) is 4.10. The molecule has 1 aromatic rings. The fourth-order valence-electron chi connectivity index (χ4n) is 1.58. The molecule has 0 aromatic heterocycles. The molecule has 22 heavy (non-hydrogen) atoms. The number of amides is 2. The van der Waals surface area contributed by atoms with Crippen molar-refractivity contribution in [1.82, 2.24) is 0 Å². The molecule has 0 fully saturated rings. The number of aromatic carboxylic acids is 1. The largest absolute Gasteiger partial charge is 2.00 e. The zero-order valence-corrected chi connectivity index (χ0v) is 19.8. The molecular formula is C12H11I3MgN2O4+2. The molecule has 0 aliphatic carbocycles. The minimum atomic E-state index is -1.11. The normalized spacial score (nSPS) is 9.73. The van der Waals surface area contributed by atoms with Crippen LogP contribution in [0.25, 0.3) is 0 Å². The summed E-state index contributed by atoms with van der Waals surface area (Å²) < 4.78 is 1.52. The van der Waals surface area contributed by atoms with E-state index in [-0.39, 0.29) is 40.4 Å². The SMILES string of the molecule is CC(=O)Nc1c(I)c(C(=O)O)c(I)c(N(C)C(C)=O)c1I.[Mg+2]. The fraction of sp³-hybridized carbons (Fsp3) is 0.250. The minimum Gasteiger partial charge on any atom is -0.478 e. The Kier molecular flexibility index (Phi) is 9.41. The Morgan fingerprint density at radius 3 is 1.91 bits per heavy atom. The Bertz CT molecular complexity index is 652. The van der Waals surface area contributed by atoms with Gasteiger partial charge in [-0.25, -0.2) is 4.79 Å². The van der Waals surface area contributed by atoms with Gasteiger partial charge in [-0.05, 0) is 67.8 Å². The van der Waals surface area contributed by atoms with Gasteiger partial charge in [-0.1, -0.05) is 0 Å². The van der Waals surface area contributed by atoms with Gasteiger partial charge >= 0.3 is 29.0 Å². The van der Waals surface area contributed by atoms with E-state index in [0.29, 0.717) is 22.1 Å². The number of benzene rings is 1. The maximum absolute atomic E-state index is 11.6. The molecule has 1 aromatic carbocycles. The summed E-state index contributed by atoms with van der Waals surface area (Å²) in [4.78, 5) is 35.9. The molecule has 0 heterocycles. The smallest absolute Gasteiger partial charge is 0.478 e. The summed E-state index contributed by atoms with van der Waals surface area (Å²) in [6, 6.07) is 0. The van der Waals surface area contributed by atoms with Crippen LogP contribution in [-0.4, -0.2) is 53.0 Å². The van der Waals surface area contributed by atoms with Crippen molar-refractivity contribution in [1.29, 1.82) is 0 Å². The summed E-state index contributed by atoms with van der Waals surface area (Å²) in [5.41, 5.74) is 0.957. The third-order valence-electron chi connectivity index (χ3n) is 2.62. The van der Waals surface area contributed by atoms with Crippen LogP contribution < -0.4 is 10.2 Å². The van der Waals surface area contributed by atoms with Crippen LogP contribution in [0.4, 0.5) is 11.4 Å². The van der Waals surface area contributed by atoms with Crippen molar-refractivity contribution in [3.8, 4) is 0 Å². The summed E-state index contributed by atoms with van der Waals surface area (Å²) in [6.45, 7) is 2.74. The predicted molar refractivity (Wildman–Crippen MR) is 111 cm³/mol. The first-order chi connectivity index (χ1) is 9.59. The van der Waals surface area contributed by atoms with Crippen LogP contribution in [-0.2, 0) is 9.59 Å². The molecule has 0 unspecified atom stereocenters. The molecule has 2 amide bonds. The standard InChI is InChI=1S/C12H11I3N2O4.Mg/c1-4(18)16-10-7(13)6(12(20)21)8(14)11(9(10)15)17(3)5(2)19;/h1-3H3,(H,16,18)(H,20,21);/q;+2. The monoisotopic (exact) mass is 652 g/mol. The van der Waals surface area contributed by atoms with Crippen LogP contribution >= 0.6 is 67.8 Å². The van der Waals surface area contributed by atoms with E-state index in [4.69, 9.17) is 0 Å². The van der Waals surface area contributed by atoms with E-state index in [9.17, 15) is 19.5 Å². The number of carbonyl (C=O) groups excluding carboxylic acids is 2. The average molecular weight is 652 g/mol. The molecule has 0 aliphatic heterocycles. The summed E-state index contributed by atoms with van der Waals surface area (Å²) in [6.07, 6.45) is 0. The number of nitrogens with one attached hydrogen (secondary N) is 1. The van der Waals surface area contributed by atoms with Crippen molar-refractivity contribution >= 4 is 120 Å². The van der Waals surface area contributed by atoms with Crippen LogP contribution in [0.5, 0.6) is 0 Å². The second-order valence-corrected chi connectivity index (χ2v) is 7.34. The van der Waals surface area contributed by atoms with Gasteiger partial charge in [0.25, 0.3) is 0 Å². The van der Waals surface area contributed by atoms with Gasteiger partial charge in [0, 0.05) is 20.9 Å². The maximum Gasteiger partial charge on any atom is 2.00 e. The van der Waals surface area contributed by atoms with Crippen molar-refractivity contribution in [2.45, 2.75) is 13.8 Å². The third kappa shape index (κ3) is 4.79. The average Bonchev–Trinajstić information content (AvgIpc) is 2.33. The van der Waals surface area contributed by atoms with Crippen molar-refractivity contribution in [2.75, 3.05) is 17.3 Å². The van der Waals surface area contributed by atoms with E-state index in [1.807, 2.05) is 67.8 Å². The predicted octanol–water partition coefficient (Wildman–Crippen LogP) is 2.76. The van der Waals surface area contributed by atoms with Gasteiger partial charge in [0.1, 0.15) is 0 Å².